The molecule has 2 aliphatic carbocycles. The van der Waals surface area contributed by atoms with Gasteiger partial charge in [-0.25, -0.2) is 4.99 Å². The number of alkyl halides is 6. The zero-order valence-electron chi connectivity index (χ0n) is 25.2. The van der Waals surface area contributed by atoms with Crippen molar-refractivity contribution in [2.24, 2.45) is 4.99 Å². The monoisotopic (exact) mass is 670 g/mol. The van der Waals surface area contributed by atoms with Crippen molar-refractivity contribution in [3.05, 3.63) is 135 Å². The van der Waals surface area contributed by atoms with Gasteiger partial charge in [0.05, 0.1) is 34.3 Å². The fourth-order valence-electron chi connectivity index (χ4n) is 6.45. The predicted molar refractivity (Wildman–Crippen MR) is 170 cm³/mol. The minimum atomic E-state index is -4.52. The molecule has 1 heterocycles. The molecular formula is C38H16F6N6. The maximum absolute atomic E-state index is 13.2. The van der Waals surface area contributed by atoms with Crippen LogP contribution in [0.25, 0.3) is 39.1 Å². The molecule has 1 unspecified atom stereocenters. The molecule has 50 heavy (non-hydrogen) atoms. The Bertz CT molecular complexity index is 2420. The molecule has 1 aliphatic heterocycles. The second-order valence-electron chi connectivity index (χ2n) is 11.5. The molecule has 0 fully saturated rings. The Labute approximate surface area is 280 Å². The van der Waals surface area contributed by atoms with Gasteiger partial charge in [0, 0.05) is 22.3 Å². The second-order valence-corrected chi connectivity index (χ2v) is 11.5. The first-order chi connectivity index (χ1) is 23.9. The lowest BCUT2D eigenvalue weighted by molar-refractivity contribution is -0.138. The zero-order chi connectivity index (χ0) is 35.5. The highest BCUT2D eigenvalue weighted by Gasteiger charge is 2.43. The van der Waals surface area contributed by atoms with Gasteiger partial charge >= 0.3 is 12.4 Å². The van der Waals surface area contributed by atoms with Crippen LogP contribution in [0.15, 0.2) is 107 Å². The molecule has 1 atom stereocenters. The third kappa shape index (κ3) is 4.99. The van der Waals surface area contributed by atoms with E-state index >= 15 is 0 Å². The largest absolute Gasteiger partial charge is 0.416 e. The van der Waals surface area contributed by atoms with Crippen LogP contribution >= 0.6 is 0 Å². The number of allylic oxidation sites excluding steroid dienone is 3. The highest BCUT2D eigenvalue weighted by Crippen LogP contribution is 2.49. The van der Waals surface area contributed by atoms with Crippen molar-refractivity contribution in [1.29, 1.82) is 21.0 Å². The van der Waals surface area contributed by atoms with Gasteiger partial charge in [-0.2, -0.15) is 47.4 Å². The first-order valence-corrected chi connectivity index (χ1v) is 14.7. The number of hydrogen-bond donors (Lipinski definition) is 1. The van der Waals surface area contributed by atoms with E-state index in [0.29, 0.717) is 61.5 Å². The van der Waals surface area contributed by atoms with Crippen LogP contribution in [0.5, 0.6) is 0 Å². The smallest absolute Gasteiger partial charge is 0.370 e. The summed E-state index contributed by atoms with van der Waals surface area (Å²) in [5.74, 6) is 0. The fraction of sp³-hybridized carbons (Fsp3) is 0.0789. The van der Waals surface area contributed by atoms with Gasteiger partial charge in [-0.05, 0) is 69.8 Å². The van der Waals surface area contributed by atoms with Crippen molar-refractivity contribution in [1.82, 2.24) is 5.32 Å². The number of aliphatic imine (C=N–C) groups is 1. The van der Waals surface area contributed by atoms with Crippen LogP contribution in [0.4, 0.5) is 26.3 Å². The molecule has 12 heteroatoms. The summed E-state index contributed by atoms with van der Waals surface area (Å²) in [5, 5.41) is 43.1. The SMILES string of the molecule is N#CC(C#N)=C1C2=C(NC3C(=N2)c2cc(-c4ccc(C(F)(F)F)cc4)ccc2C3=C(C#N)C#N)c2cc(-c3ccc(C(F)(F)F)cc3)ccc21. The molecule has 0 saturated heterocycles. The number of nitrogens with zero attached hydrogens (tertiary/aromatic N) is 5. The van der Waals surface area contributed by atoms with Gasteiger partial charge in [0.15, 0.2) is 0 Å². The maximum atomic E-state index is 13.2. The molecule has 7 rings (SSSR count). The highest BCUT2D eigenvalue weighted by molar-refractivity contribution is 6.24. The molecule has 240 valence electrons. The summed E-state index contributed by atoms with van der Waals surface area (Å²) >= 11 is 0. The molecule has 0 saturated carbocycles. The summed E-state index contributed by atoms with van der Waals surface area (Å²) in [6, 6.07) is 26.0. The van der Waals surface area contributed by atoms with Crippen molar-refractivity contribution in [2.45, 2.75) is 18.4 Å². The molecule has 0 bridgehead atoms. The number of halogens is 6. The first kappa shape index (κ1) is 31.7. The summed E-state index contributed by atoms with van der Waals surface area (Å²) in [5.41, 5.74) is 3.38. The van der Waals surface area contributed by atoms with Gasteiger partial charge < -0.3 is 5.32 Å². The molecule has 1 N–H and O–H groups in total. The molecule has 0 amide bonds. The van der Waals surface area contributed by atoms with E-state index in [1.165, 1.54) is 24.3 Å². The molecule has 4 aromatic carbocycles. The summed E-state index contributed by atoms with van der Waals surface area (Å²) in [6.45, 7) is 0. The Morgan fingerprint density at radius 2 is 1.02 bits per heavy atom. The molecule has 3 aliphatic rings. The molecule has 4 aromatic rings. The van der Waals surface area contributed by atoms with E-state index in [2.05, 4.69) is 5.32 Å². The van der Waals surface area contributed by atoms with Crippen LogP contribution in [0.2, 0.25) is 0 Å². The number of rotatable bonds is 2. The third-order valence-corrected chi connectivity index (χ3v) is 8.76. The number of nitrogens with one attached hydrogen (secondary N) is 1. The lowest BCUT2D eigenvalue weighted by atomic mass is 9.95. The topological polar surface area (TPSA) is 120 Å². The van der Waals surface area contributed by atoms with Crippen LogP contribution in [0, 0.1) is 45.3 Å². The summed E-state index contributed by atoms with van der Waals surface area (Å²) < 4.78 is 79.3. The number of nitriles is 4. The van der Waals surface area contributed by atoms with E-state index in [1.54, 1.807) is 36.4 Å². The van der Waals surface area contributed by atoms with E-state index in [0.717, 1.165) is 24.3 Å². The quantitative estimate of drug-likeness (QED) is 0.169. The third-order valence-electron chi connectivity index (χ3n) is 8.76. The van der Waals surface area contributed by atoms with E-state index in [4.69, 9.17) is 4.99 Å². The lowest BCUT2D eigenvalue weighted by Crippen LogP contribution is -2.36. The predicted octanol–water partition coefficient (Wildman–Crippen LogP) is 8.82. The van der Waals surface area contributed by atoms with Crippen LogP contribution in [0.1, 0.15) is 33.4 Å². The van der Waals surface area contributed by atoms with Gasteiger partial charge in [0.1, 0.15) is 35.4 Å². The van der Waals surface area contributed by atoms with Crippen LogP contribution in [-0.4, -0.2) is 11.8 Å². The number of hydrogen-bond acceptors (Lipinski definition) is 6. The number of benzene rings is 4. The molecule has 6 nitrogen and oxygen atoms in total. The Morgan fingerprint density at radius 1 is 0.560 bits per heavy atom. The van der Waals surface area contributed by atoms with Gasteiger partial charge in [-0.3, -0.25) is 0 Å². The highest BCUT2D eigenvalue weighted by atomic mass is 19.4. The Morgan fingerprint density at radius 3 is 1.50 bits per heavy atom. The molecule has 0 spiro atoms. The van der Waals surface area contributed by atoms with Gasteiger partial charge in [-0.15, -0.1) is 0 Å². The minimum Gasteiger partial charge on any atom is -0.370 e. The molecule has 0 radical (unpaired) electrons. The summed E-state index contributed by atoms with van der Waals surface area (Å²) in [7, 11) is 0. The Kier molecular flexibility index (Phi) is 7.21. The van der Waals surface area contributed by atoms with Crippen LogP contribution in [-0.2, 0) is 12.4 Å². The standard InChI is InChI=1S/C38H16F6N6/c39-37(40,41)25-7-1-19(2-8-25)21-5-11-27-29(13-21)33-35(31(27)23(15-45)16-46)50-34-30-14-22(20-3-9-26(10-4-20)38(42,43)44)6-12-28(30)32(36(34)49-33)24(17-47)18-48/h1-14,35,50H. The number of fused-ring (bicyclic) bond motifs is 5. The Hall–Kier alpha value is -6.89. The maximum Gasteiger partial charge on any atom is 0.416 e. The van der Waals surface area contributed by atoms with Gasteiger partial charge in [0.2, 0.25) is 0 Å². The lowest BCUT2D eigenvalue weighted by Gasteiger charge is -2.24. The van der Waals surface area contributed by atoms with Crippen molar-refractivity contribution < 1.29 is 26.3 Å². The van der Waals surface area contributed by atoms with E-state index < -0.39 is 29.5 Å². The van der Waals surface area contributed by atoms with Crippen LogP contribution < -0.4 is 5.32 Å². The second kappa shape index (κ2) is 11.4. The Balaban J connectivity index is 1.41. The van der Waals surface area contributed by atoms with Gasteiger partial charge in [-0.1, -0.05) is 48.5 Å². The summed E-state index contributed by atoms with van der Waals surface area (Å²) in [4.78, 5) is 4.93. The first-order valence-electron chi connectivity index (χ1n) is 14.7. The molecule has 0 aromatic heterocycles. The average Bonchev–Trinajstić information content (AvgIpc) is 3.59. The minimum absolute atomic E-state index is 0.206. The van der Waals surface area contributed by atoms with E-state index in [9.17, 15) is 47.4 Å². The van der Waals surface area contributed by atoms with Crippen molar-refractivity contribution in [3.63, 3.8) is 0 Å². The average molecular weight is 671 g/mol. The summed E-state index contributed by atoms with van der Waals surface area (Å²) in [6.07, 6.45) is -9.03. The van der Waals surface area contributed by atoms with Crippen LogP contribution in [0.3, 0.4) is 0 Å². The fourth-order valence-corrected chi connectivity index (χ4v) is 6.45. The van der Waals surface area contributed by atoms with Crippen molar-refractivity contribution in [2.75, 3.05) is 0 Å². The van der Waals surface area contributed by atoms with E-state index in [1.807, 2.05) is 24.3 Å². The van der Waals surface area contributed by atoms with Gasteiger partial charge in [0.25, 0.3) is 0 Å². The van der Waals surface area contributed by atoms with Crippen molar-refractivity contribution >= 4 is 22.6 Å². The molecular weight excluding hydrogens is 654 g/mol. The van der Waals surface area contributed by atoms with Crippen molar-refractivity contribution in [3.8, 4) is 46.5 Å². The zero-order valence-corrected chi connectivity index (χ0v) is 25.2. The van der Waals surface area contributed by atoms with E-state index in [-0.39, 0.29) is 22.4 Å². The normalized spacial score (nSPS) is 15.6.